The highest BCUT2D eigenvalue weighted by Crippen LogP contribution is 2.44. The van der Waals surface area contributed by atoms with E-state index in [9.17, 15) is 0 Å². The van der Waals surface area contributed by atoms with Crippen LogP contribution in [0, 0.1) is 34.6 Å². The molecule has 184 valence electrons. The Labute approximate surface area is 225 Å². The Bertz CT molecular complexity index is 1750. The molecule has 2 heterocycles. The van der Waals surface area contributed by atoms with E-state index in [0.29, 0.717) is 0 Å². The van der Waals surface area contributed by atoms with Gasteiger partial charge in [-0.1, -0.05) is 60.2 Å². The van der Waals surface area contributed by atoms with Gasteiger partial charge >= 0.3 is 0 Å². The number of hydrogen-bond acceptors (Lipinski definition) is 2. The number of fused-ring (bicyclic) bond motifs is 4. The van der Waals surface area contributed by atoms with Crippen LogP contribution in [0.2, 0.25) is 0 Å². The summed E-state index contributed by atoms with van der Waals surface area (Å²) in [7, 11) is 0. The zero-order valence-corrected chi connectivity index (χ0v) is 22.6. The molecule has 2 nitrogen and oxygen atoms in total. The van der Waals surface area contributed by atoms with Crippen LogP contribution in [0.4, 0.5) is 17.1 Å². The van der Waals surface area contributed by atoms with Gasteiger partial charge in [0.05, 0.1) is 0 Å². The van der Waals surface area contributed by atoms with E-state index in [1.807, 2.05) is 0 Å². The van der Waals surface area contributed by atoms with E-state index in [0.717, 1.165) is 11.5 Å². The molecule has 0 spiro atoms. The van der Waals surface area contributed by atoms with Crippen LogP contribution in [0.25, 0.3) is 11.1 Å². The third-order valence-electron chi connectivity index (χ3n) is 8.06. The molecule has 0 radical (unpaired) electrons. The molecule has 0 unspecified atom stereocenters. The van der Waals surface area contributed by atoms with Crippen LogP contribution in [-0.4, -0.2) is 6.71 Å². The van der Waals surface area contributed by atoms with Crippen molar-refractivity contribution in [3.63, 3.8) is 0 Å². The van der Waals surface area contributed by atoms with Gasteiger partial charge in [0.25, 0.3) is 6.71 Å². The average Bonchev–Trinajstić information content (AvgIpc) is 2.87. The Balaban J connectivity index is 1.62. The second kappa shape index (κ2) is 8.39. The predicted octanol–water partition coefficient (Wildman–Crippen LogP) is 7.30. The molecule has 0 fully saturated rings. The Morgan fingerprint density at radius 2 is 1.26 bits per heavy atom. The van der Waals surface area contributed by atoms with Crippen LogP contribution in [0.15, 0.2) is 91.0 Å². The highest BCUT2D eigenvalue weighted by Gasteiger charge is 2.43. The maximum Gasteiger partial charge on any atom is 0.256 e. The lowest BCUT2D eigenvalue weighted by molar-refractivity contribution is 0.487. The summed E-state index contributed by atoms with van der Waals surface area (Å²) in [6.07, 6.45) is 0. The highest BCUT2D eigenvalue weighted by atomic mass is 16.5. The minimum atomic E-state index is 0.119. The molecule has 0 saturated carbocycles. The Hall–Kier alpha value is -4.24. The van der Waals surface area contributed by atoms with Crippen molar-refractivity contribution in [3.8, 4) is 22.6 Å². The summed E-state index contributed by atoms with van der Waals surface area (Å²) in [4.78, 5) is 2.48. The lowest BCUT2D eigenvalue weighted by atomic mass is 9.33. The predicted molar refractivity (Wildman–Crippen MR) is 161 cm³/mol. The van der Waals surface area contributed by atoms with Gasteiger partial charge in [-0.05, 0) is 121 Å². The molecule has 0 N–H and O–H groups in total. The van der Waals surface area contributed by atoms with E-state index in [1.165, 1.54) is 72.4 Å². The fourth-order valence-corrected chi connectivity index (χ4v) is 6.61. The fraction of sp³-hybridized carbons (Fsp3) is 0.143. The van der Waals surface area contributed by atoms with Crippen LogP contribution in [0.5, 0.6) is 11.5 Å². The molecule has 0 amide bonds. The van der Waals surface area contributed by atoms with E-state index >= 15 is 0 Å². The van der Waals surface area contributed by atoms with Crippen molar-refractivity contribution in [2.24, 2.45) is 0 Å². The van der Waals surface area contributed by atoms with Gasteiger partial charge in [0.15, 0.2) is 0 Å². The van der Waals surface area contributed by atoms with E-state index in [1.54, 1.807) is 0 Å². The lowest BCUT2D eigenvalue weighted by Crippen LogP contribution is -2.60. The number of benzene rings is 5. The first-order chi connectivity index (χ1) is 18.4. The van der Waals surface area contributed by atoms with Gasteiger partial charge in [0, 0.05) is 17.1 Å². The first-order valence-electron chi connectivity index (χ1n) is 13.4. The molecule has 0 saturated heterocycles. The Kier molecular flexibility index (Phi) is 5.06. The zero-order valence-electron chi connectivity index (χ0n) is 22.6. The molecule has 0 aliphatic carbocycles. The summed E-state index contributed by atoms with van der Waals surface area (Å²) in [5.74, 6) is 1.90. The van der Waals surface area contributed by atoms with Crippen molar-refractivity contribution < 1.29 is 4.74 Å². The molecule has 5 aromatic carbocycles. The summed E-state index contributed by atoms with van der Waals surface area (Å²) >= 11 is 0. The second-order valence-corrected chi connectivity index (χ2v) is 11.0. The van der Waals surface area contributed by atoms with Gasteiger partial charge in [-0.3, -0.25) is 0 Å². The third kappa shape index (κ3) is 3.42. The monoisotopic (exact) mass is 491 g/mol. The van der Waals surface area contributed by atoms with Crippen LogP contribution in [-0.2, 0) is 0 Å². The smallest absolute Gasteiger partial charge is 0.256 e. The minimum absolute atomic E-state index is 0.119. The number of nitrogens with zero attached hydrogens (tertiary/aromatic N) is 1. The second-order valence-electron chi connectivity index (χ2n) is 11.0. The summed E-state index contributed by atoms with van der Waals surface area (Å²) in [6.45, 7) is 11.1. The Morgan fingerprint density at radius 3 is 2.05 bits per heavy atom. The van der Waals surface area contributed by atoms with Gasteiger partial charge in [-0.25, -0.2) is 0 Å². The van der Waals surface area contributed by atoms with Gasteiger partial charge in [-0.2, -0.15) is 0 Å². The zero-order chi connectivity index (χ0) is 26.1. The molecule has 0 aromatic heterocycles. The summed E-state index contributed by atoms with van der Waals surface area (Å²) < 4.78 is 6.71. The molecule has 5 aromatic rings. The molecule has 0 bridgehead atoms. The van der Waals surface area contributed by atoms with Crippen molar-refractivity contribution in [2.45, 2.75) is 34.6 Å². The van der Waals surface area contributed by atoms with Crippen LogP contribution in [0.3, 0.4) is 0 Å². The molecular formula is C35H30BNO. The number of aryl methyl sites for hydroxylation is 5. The number of para-hydroxylation sites is 1. The maximum absolute atomic E-state index is 6.71. The average molecular weight is 491 g/mol. The van der Waals surface area contributed by atoms with Crippen LogP contribution >= 0.6 is 0 Å². The van der Waals surface area contributed by atoms with Crippen molar-refractivity contribution in [1.29, 1.82) is 0 Å². The van der Waals surface area contributed by atoms with E-state index in [2.05, 4.69) is 131 Å². The fourth-order valence-electron chi connectivity index (χ4n) is 6.61. The summed E-state index contributed by atoms with van der Waals surface area (Å²) in [5, 5.41) is 0. The molecule has 3 heteroatoms. The minimum Gasteiger partial charge on any atom is -0.458 e. The molecule has 0 atom stereocenters. The highest BCUT2D eigenvalue weighted by molar-refractivity contribution is 6.99. The van der Waals surface area contributed by atoms with E-state index in [4.69, 9.17) is 4.74 Å². The van der Waals surface area contributed by atoms with Crippen LogP contribution < -0.4 is 26.0 Å². The molecule has 2 aliphatic rings. The normalized spacial score (nSPS) is 13.0. The van der Waals surface area contributed by atoms with Crippen LogP contribution in [0.1, 0.15) is 27.8 Å². The summed E-state index contributed by atoms with van der Waals surface area (Å²) in [6, 6.07) is 33.3. The largest absolute Gasteiger partial charge is 0.458 e. The summed E-state index contributed by atoms with van der Waals surface area (Å²) in [5.41, 5.74) is 16.3. The first kappa shape index (κ1) is 22.9. The topological polar surface area (TPSA) is 12.5 Å². The van der Waals surface area contributed by atoms with Crippen molar-refractivity contribution in [2.75, 3.05) is 4.90 Å². The van der Waals surface area contributed by atoms with Gasteiger partial charge in [0.1, 0.15) is 11.5 Å². The maximum atomic E-state index is 6.71. The number of ether oxygens (including phenoxy) is 1. The van der Waals surface area contributed by atoms with E-state index in [-0.39, 0.29) is 6.71 Å². The van der Waals surface area contributed by atoms with Crippen molar-refractivity contribution in [3.05, 3.63) is 119 Å². The number of hydrogen-bond donors (Lipinski definition) is 0. The van der Waals surface area contributed by atoms with Crippen molar-refractivity contribution in [1.82, 2.24) is 0 Å². The molecule has 2 aliphatic heterocycles. The lowest BCUT2D eigenvalue weighted by Gasteiger charge is -2.41. The number of rotatable bonds is 2. The molecule has 38 heavy (non-hydrogen) atoms. The number of anilines is 3. The molecule has 7 rings (SSSR count). The van der Waals surface area contributed by atoms with Gasteiger partial charge in [0.2, 0.25) is 0 Å². The Morgan fingerprint density at radius 1 is 0.579 bits per heavy atom. The first-order valence-corrected chi connectivity index (χ1v) is 13.4. The third-order valence-corrected chi connectivity index (χ3v) is 8.06. The standard InChI is InChI=1S/C35H30BNO/c1-21-14-22(2)17-27(16-21)37-30-18-23(3)15-25(5)34(30)36-29-12-8-9-13-32(29)38-33-20-26(19-31(37)35(33)36)28-11-7-6-10-24(28)4/h6-20H,1-5H3. The SMILES string of the molecule is Cc1cc(C)cc(N2c3cc(C)cc(C)c3B3c4ccccc4Oc4cc(-c5ccccc5C)cc2c43)c1. The van der Waals surface area contributed by atoms with Gasteiger partial charge in [-0.15, -0.1) is 0 Å². The van der Waals surface area contributed by atoms with Crippen molar-refractivity contribution >= 4 is 40.2 Å². The van der Waals surface area contributed by atoms with Gasteiger partial charge < -0.3 is 9.64 Å². The van der Waals surface area contributed by atoms with E-state index < -0.39 is 0 Å². The molecular weight excluding hydrogens is 461 g/mol. The quantitative estimate of drug-likeness (QED) is 0.235.